The summed E-state index contributed by atoms with van der Waals surface area (Å²) in [5.74, 6) is 0.585. The first kappa shape index (κ1) is 13.6. The van der Waals surface area contributed by atoms with Crippen molar-refractivity contribution in [1.82, 2.24) is 10.2 Å². The summed E-state index contributed by atoms with van der Waals surface area (Å²) in [4.78, 5) is 11.8. The number of ketones is 1. The van der Waals surface area contributed by atoms with Gasteiger partial charge in [0.25, 0.3) is 10.0 Å². The molecular formula is C10H15N3O3S2. The van der Waals surface area contributed by atoms with Crippen LogP contribution in [0.1, 0.15) is 37.1 Å². The highest BCUT2D eigenvalue weighted by molar-refractivity contribution is 7.91. The van der Waals surface area contributed by atoms with Crippen LogP contribution in [-0.2, 0) is 21.2 Å². The smallest absolute Gasteiger partial charge is 0.267 e. The lowest BCUT2D eigenvalue weighted by molar-refractivity contribution is -0.119. The van der Waals surface area contributed by atoms with Crippen LogP contribution >= 0.6 is 11.3 Å². The van der Waals surface area contributed by atoms with E-state index in [4.69, 9.17) is 5.14 Å². The van der Waals surface area contributed by atoms with E-state index in [1.807, 2.05) is 0 Å². The highest BCUT2D eigenvalue weighted by Gasteiger charge is 2.21. The molecule has 100 valence electrons. The van der Waals surface area contributed by atoms with Crippen molar-refractivity contribution >= 4 is 27.1 Å². The number of carbonyl (C=O) groups excluding carboxylic acids is 1. The highest BCUT2D eigenvalue weighted by Crippen LogP contribution is 2.28. The Labute approximate surface area is 110 Å². The van der Waals surface area contributed by atoms with Crippen molar-refractivity contribution in [1.29, 1.82) is 0 Å². The Morgan fingerprint density at radius 3 is 2.56 bits per heavy atom. The first-order valence-corrected chi connectivity index (χ1v) is 8.18. The molecule has 0 unspecified atom stereocenters. The summed E-state index contributed by atoms with van der Waals surface area (Å²) in [6.07, 6.45) is 5.35. The molecule has 1 aromatic rings. The average Bonchev–Trinajstić information content (AvgIpc) is 2.87. The van der Waals surface area contributed by atoms with Gasteiger partial charge in [-0.15, -0.1) is 10.2 Å². The number of aromatic nitrogens is 2. The zero-order valence-corrected chi connectivity index (χ0v) is 11.5. The molecule has 2 rings (SSSR count). The Bertz CT molecular complexity index is 532. The lowest BCUT2D eigenvalue weighted by Crippen LogP contribution is -2.11. The monoisotopic (exact) mass is 289 g/mol. The number of hydrogen-bond donors (Lipinski definition) is 1. The molecule has 6 nitrogen and oxygen atoms in total. The highest BCUT2D eigenvalue weighted by atomic mass is 32.2. The van der Waals surface area contributed by atoms with Gasteiger partial charge in [0, 0.05) is 6.42 Å². The van der Waals surface area contributed by atoms with Crippen LogP contribution in [0.15, 0.2) is 4.34 Å². The molecular weight excluding hydrogens is 274 g/mol. The number of nitrogens with zero attached hydrogens (tertiary/aromatic N) is 2. The maximum absolute atomic E-state index is 11.8. The third kappa shape index (κ3) is 3.56. The van der Waals surface area contributed by atoms with E-state index in [0.29, 0.717) is 17.3 Å². The normalized spacial score (nSPS) is 17.2. The van der Waals surface area contributed by atoms with Gasteiger partial charge in [0.2, 0.25) is 4.34 Å². The summed E-state index contributed by atoms with van der Waals surface area (Å²) in [7, 11) is -3.81. The fourth-order valence-electron chi connectivity index (χ4n) is 2.20. The van der Waals surface area contributed by atoms with Gasteiger partial charge in [0.15, 0.2) is 0 Å². The van der Waals surface area contributed by atoms with Crippen molar-refractivity contribution in [2.75, 3.05) is 0 Å². The Kier molecular flexibility index (Phi) is 4.08. The van der Waals surface area contributed by atoms with Crippen molar-refractivity contribution in [3.63, 3.8) is 0 Å². The number of primary sulfonamides is 1. The quantitative estimate of drug-likeness (QED) is 0.866. The van der Waals surface area contributed by atoms with Gasteiger partial charge in [0.1, 0.15) is 10.8 Å². The second kappa shape index (κ2) is 5.41. The zero-order valence-electron chi connectivity index (χ0n) is 9.83. The minimum absolute atomic E-state index is 0.0963. The molecule has 8 heteroatoms. The van der Waals surface area contributed by atoms with Gasteiger partial charge in [-0.1, -0.05) is 37.0 Å². The van der Waals surface area contributed by atoms with Crippen molar-refractivity contribution in [2.24, 2.45) is 11.1 Å². The second-order valence-corrected chi connectivity index (χ2v) is 7.37. The third-order valence-electron chi connectivity index (χ3n) is 3.03. The predicted molar refractivity (Wildman–Crippen MR) is 66.6 cm³/mol. The van der Waals surface area contributed by atoms with Crippen LogP contribution in [0.3, 0.4) is 0 Å². The van der Waals surface area contributed by atoms with E-state index in [0.717, 1.165) is 24.2 Å². The number of sulfonamides is 1. The predicted octanol–water partition coefficient (Wildman–Crippen LogP) is 0.877. The lowest BCUT2D eigenvalue weighted by Gasteiger charge is -2.05. The molecule has 2 N–H and O–H groups in total. The van der Waals surface area contributed by atoms with Gasteiger partial charge in [-0.3, -0.25) is 4.79 Å². The second-order valence-electron chi connectivity index (χ2n) is 4.58. The average molecular weight is 289 g/mol. The van der Waals surface area contributed by atoms with Gasteiger partial charge >= 0.3 is 0 Å². The van der Waals surface area contributed by atoms with E-state index in [1.165, 1.54) is 12.8 Å². The molecule has 0 aromatic carbocycles. The lowest BCUT2D eigenvalue weighted by atomic mass is 10.00. The van der Waals surface area contributed by atoms with Crippen molar-refractivity contribution < 1.29 is 13.2 Å². The molecule has 1 aromatic heterocycles. The molecule has 0 bridgehead atoms. The van der Waals surface area contributed by atoms with Gasteiger partial charge in [-0.05, 0) is 5.92 Å². The van der Waals surface area contributed by atoms with Crippen LogP contribution in [0.5, 0.6) is 0 Å². The number of carbonyl (C=O) groups is 1. The molecule has 0 spiro atoms. The largest absolute Gasteiger partial charge is 0.299 e. The Morgan fingerprint density at radius 1 is 1.33 bits per heavy atom. The van der Waals surface area contributed by atoms with E-state index in [-0.39, 0.29) is 16.5 Å². The molecule has 0 atom stereocenters. The Morgan fingerprint density at radius 2 is 2.00 bits per heavy atom. The number of rotatable bonds is 5. The van der Waals surface area contributed by atoms with Crippen LogP contribution in [-0.4, -0.2) is 24.4 Å². The fraction of sp³-hybridized carbons (Fsp3) is 0.700. The van der Waals surface area contributed by atoms with Gasteiger partial charge in [-0.2, -0.15) is 0 Å². The van der Waals surface area contributed by atoms with Crippen LogP contribution in [0.2, 0.25) is 0 Å². The fourth-order valence-corrected chi connectivity index (χ4v) is 3.71. The van der Waals surface area contributed by atoms with Crippen molar-refractivity contribution in [3.05, 3.63) is 5.01 Å². The maximum Gasteiger partial charge on any atom is 0.267 e. The molecule has 0 saturated heterocycles. The van der Waals surface area contributed by atoms with Gasteiger partial charge in [-0.25, -0.2) is 13.6 Å². The Balaban J connectivity index is 1.92. The van der Waals surface area contributed by atoms with E-state index in [9.17, 15) is 13.2 Å². The SMILES string of the molecule is NS(=O)(=O)c1nnc(CC(=O)CC2CCCC2)s1. The third-order valence-corrected chi connectivity index (χ3v) is 5.26. The standard InChI is InChI=1S/C10H15N3O3S2/c11-18(15,16)10-13-12-9(17-10)6-8(14)5-7-3-1-2-4-7/h7H,1-6H2,(H2,11,15,16). The molecule has 1 fully saturated rings. The summed E-state index contributed by atoms with van der Waals surface area (Å²) in [6.45, 7) is 0. The van der Waals surface area contributed by atoms with Crippen molar-refractivity contribution in [2.45, 2.75) is 42.9 Å². The molecule has 1 aliphatic carbocycles. The summed E-state index contributed by atoms with van der Waals surface area (Å²) in [6, 6.07) is 0. The summed E-state index contributed by atoms with van der Waals surface area (Å²) in [5.41, 5.74) is 0. The zero-order chi connectivity index (χ0) is 13.2. The topological polar surface area (TPSA) is 103 Å². The van der Waals surface area contributed by atoms with Crippen LogP contribution in [0, 0.1) is 5.92 Å². The molecule has 18 heavy (non-hydrogen) atoms. The van der Waals surface area contributed by atoms with E-state index >= 15 is 0 Å². The van der Waals surface area contributed by atoms with Crippen LogP contribution in [0.4, 0.5) is 0 Å². The summed E-state index contributed by atoms with van der Waals surface area (Å²) in [5, 5.41) is 12.5. The molecule has 1 heterocycles. The molecule has 0 radical (unpaired) electrons. The Hall–Kier alpha value is -0.860. The van der Waals surface area contributed by atoms with Gasteiger partial charge < -0.3 is 0 Å². The minimum Gasteiger partial charge on any atom is -0.299 e. The maximum atomic E-state index is 11.8. The van der Waals surface area contributed by atoms with E-state index in [1.54, 1.807) is 0 Å². The van der Waals surface area contributed by atoms with Crippen molar-refractivity contribution in [3.8, 4) is 0 Å². The summed E-state index contributed by atoms with van der Waals surface area (Å²) >= 11 is 0.870. The summed E-state index contributed by atoms with van der Waals surface area (Å²) < 4.78 is 21.8. The first-order valence-electron chi connectivity index (χ1n) is 5.82. The van der Waals surface area contributed by atoms with E-state index < -0.39 is 10.0 Å². The molecule has 0 aliphatic heterocycles. The number of hydrogen-bond acceptors (Lipinski definition) is 6. The van der Waals surface area contributed by atoms with Gasteiger partial charge in [0.05, 0.1) is 6.42 Å². The minimum atomic E-state index is -3.81. The number of nitrogens with two attached hydrogens (primary N) is 1. The van der Waals surface area contributed by atoms with Crippen LogP contribution < -0.4 is 5.14 Å². The van der Waals surface area contributed by atoms with E-state index in [2.05, 4.69) is 10.2 Å². The molecule has 0 amide bonds. The molecule has 1 aliphatic rings. The van der Waals surface area contributed by atoms with Crippen LogP contribution in [0.25, 0.3) is 0 Å². The molecule has 1 saturated carbocycles. The number of Topliss-reactive ketones (excluding diaryl/α,β-unsaturated/α-hetero) is 1. The first-order chi connectivity index (χ1) is 8.45.